The molecule has 3 nitrogen and oxygen atoms in total. The van der Waals surface area contributed by atoms with E-state index >= 15 is 0 Å². The van der Waals surface area contributed by atoms with Crippen molar-refractivity contribution in [1.82, 2.24) is 4.90 Å². The van der Waals surface area contributed by atoms with Crippen LogP contribution in [0.4, 0.5) is 0 Å². The summed E-state index contributed by atoms with van der Waals surface area (Å²) in [5.41, 5.74) is 2.91. The van der Waals surface area contributed by atoms with Gasteiger partial charge in [-0.1, -0.05) is 78.9 Å². The molecule has 0 fully saturated rings. The number of carbonyl (C=O) groups excluding carboxylic acids is 1. The van der Waals surface area contributed by atoms with Gasteiger partial charge in [0.05, 0.1) is 6.04 Å². The monoisotopic (exact) mass is 355 g/mol. The van der Waals surface area contributed by atoms with Crippen molar-refractivity contribution in [3.05, 3.63) is 108 Å². The highest BCUT2D eigenvalue weighted by atomic mass is 16.3. The molecule has 0 saturated heterocycles. The first-order valence-corrected chi connectivity index (χ1v) is 9.11. The SMILES string of the molecule is C[C@H](c1ccccc1)N(Cc1ccccc1)C(=O)c1cc2ccccc2o1. The lowest BCUT2D eigenvalue weighted by atomic mass is 10.1. The quantitative estimate of drug-likeness (QED) is 0.451. The minimum Gasteiger partial charge on any atom is -0.451 e. The second kappa shape index (κ2) is 7.50. The van der Waals surface area contributed by atoms with E-state index in [-0.39, 0.29) is 11.9 Å². The maximum absolute atomic E-state index is 13.4. The van der Waals surface area contributed by atoms with Gasteiger partial charge in [-0.3, -0.25) is 4.79 Å². The van der Waals surface area contributed by atoms with Crippen LogP contribution in [-0.4, -0.2) is 10.8 Å². The van der Waals surface area contributed by atoms with Gasteiger partial charge in [0.15, 0.2) is 5.76 Å². The Hall–Kier alpha value is -3.33. The Morgan fingerprint density at radius 1 is 0.889 bits per heavy atom. The predicted octanol–water partition coefficient (Wildman–Crippen LogP) is 5.84. The third kappa shape index (κ3) is 3.63. The first-order chi connectivity index (χ1) is 13.2. The number of fused-ring (bicyclic) bond motifs is 1. The van der Waals surface area contributed by atoms with E-state index in [0.29, 0.717) is 12.3 Å². The summed E-state index contributed by atoms with van der Waals surface area (Å²) in [5.74, 6) is 0.265. The van der Waals surface area contributed by atoms with Gasteiger partial charge in [-0.15, -0.1) is 0 Å². The molecule has 3 heteroatoms. The van der Waals surface area contributed by atoms with Crippen molar-refractivity contribution < 1.29 is 9.21 Å². The molecule has 134 valence electrons. The molecular weight excluding hydrogens is 334 g/mol. The predicted molar refractivity (Wildman–Crippen MR) is 107 cm³/mol. The van der Waals surface area contributed by atoms with Crippen LogP contribution in [0.2, 0.25) is 0 Å². The van der Waals surface area contributed by atoms with E-state index in [1.807, 2.05) is 83.8 Å². The third-order valence-electron chi connectivity index (χ3n) is 4.84. The molecular formula is C24H21NO2. The topological polar surface area (TPSA) is 33.5 Å². The van der Waals surface area contributed by atoms with Gasteiger partial charge in [-0.25, -0.2) is 0 Å². The lowest BCUT2D eigenvalue weighted by molar-refractivity contribution is 0.0643. The minimum absolute atomic E-state index is 0.0767. The summed E-state index contributed by atoms with van der Waals surface area (Å²) in [6.07, 6.45) is 0. The largest absolute Gasteiger partial charge is 0.451 e. The number of benzene rings is 3. The first kappa shape index (κ1) is 17.1. The fourth-order valence-electron chi connectivity index (χ4n) is 3.31. The number of para-hydroxylation sites is 1. The average molecular weight is 355 g/mol. The number of amides is 1. The van der Waals surface area contributed by atoms with Crippen molar-refractivity contribution in [2.75, 3.05) is 0 Å². The van der Waals surface area contributed by atoms with Crippen LogP contribution in [-0.2, 0) is 6.54 Å². The lowest BCUT2D eigenvalue weighted by Gasteiger charge is -2.29. The average Bonchev–Trinajstić information content (AvgIpc) is 3.17. The van der Waals surface area contributed by atoms with Crippen LogP contribution in [0.15, 0.2) is 95.4 Å². The van der Waals surface area contributed by atoms with Gasteiger partial charge >= 0.3 is 0 Å². The number of carbonyl (C=O) groups is 1. The molecule has 1 atom stereocenters. The fraction of sp³-hybridized carbons (Fsp3) is 0.125. The van der Waals surface area contributed by atoms with Gasteiger partial charge in [0.1, 0.15) is 5.58 Å². The molecule has 3 aromatic carbocycles. The van der Waals surface area contributed by atoms with E-state index < -0.39 is 0 Å². The van der Waals surface area contributed by atoms with Crippen LogP contribution in [0.5, 0.6) is 0 Å². The maximum atomic E-state index is 13.4. The van der Waals surface area contributed by atoms with E-state index in [9.17, 15) is 4.79 Å². The molecule has 0 aliphatic carbocycles. The van der Waals surface area contributed by atoms with Gasteiger partial charge < -0.3 is 9.32 Å². The zero-order valence-electron chi connectivity index (χ0n) is 15.2. The molecule has 1 aromatic heterocycles. The Morgan fingerprint density at radius 2 is 1.52 bits per heavy atom. The molecule has 1 amide bonds. The number of hydrogen-bond acceptors (Lipinski definition) is 2. The van der Waals surface area contributed by atoms with Gasteiger partial charge in [0.25, 0.3) is 5.91 Å². The zero-order chi connectivity index (χ0) is 18.6. The highest BCUT2D eigenvalue weighted by molar-refractivity contribution is 5.96. The van der Waals surface area contributed by atoms with E-state index in [4.69, 9.17) is 4.42 Å². The van der Waals surface area contributed by atoms with E-state index in [1.54, 1.807) is 0 Å². The summed E-state index contributed by atoms with van der Waals surface area (Å²) < 4.78 is 5.84. The molecule has 4 aromatic rings. The number of hydrogen-bond donors (Lipinski definition) is 0. The Bertz CT molecular complexity index is 1000. The van der Waals surface area contributed by atoms with Crippen molar-refractivity contribution in [2.24, 2.45) is 0 Å². The van der Waals surface area contributed by atoms with E-state index in [2.05, 4.69) is 19.1 Å². The Balaban J connectivity index is 1.70. The normalized spacial score (nSPS) is 12.0. The Morgan fingerprint density at radius 3 is 2.22 bits per heavy atom. The molecule has 0 bridgehead atoms. The molecule has 0 N–H and O–H groups in total. The number of furan rings is 1. The van der Waals surface area contributed by atoms with Gasteiger partial charge in [-0.05, 0) is 30.2 Å². The molecule has 0 aliphatic heterocycles. The van der Waals surface area contributed by atoms with Crippen molar-refractivity contribution in [2.45, 2.75) is 19.5 Å². The van der Waals surface area contributed by atoms with Crippen LogP contribution < -0.4 is 0 Å². The summed E-state index contributed by atoms with van der Waals surface area (Å²) in [6, 6.07) is 29.6. The van der Waals surface area contributed by atoms with Crippen molar-refractivity contribution >= 4 is 16.9 Å². The zero-order valence-corrected chi connectivity index (χ0v) is 15.2. The summed E-state index contributed by atoms with van der Waals surface area (Å²) >= 11 is 0. The fourth-order valence-corrected chi connectivity index (χ4v) is 3.31. The number of nitrogens with zero attached hydrogens (tertiary/aromatic N) is 1. The molecule has 1 heterocycles. The van der Waals surface area contributed by atoms with Crippen LogP contribution >= 0.6 is 0 Å². The van der Waals surface area contributed by atoms with E-state index in [1.165, 1.54) is 0 Å². The first-order valence-electron chi connectivity index (χ1n) is 9.11. The number of rotatable bonds is 5. The van der Waals surface area contributed by atoms with E-state index in [0.717, 1.165) is 22.1 Å². The van der Waals surface area contributed by atoms with Gasteiger partial charge in [0.2, 0.25) is 0 Å². The molecule has 27 heavy (non-hydrogen) atoms. The summed E-state index contributed by atoms with van der Waals surface area (Å²) in [7, 11) is 0. The van der Waals surface area contributed by atoms with Crippen LogP contribution in [0.3, 0.4) is 0 Å². The Labute approximate surface area is 158 Å². The second-order valence-electron chi connectivity index (χ2n) is 6.65. The second-order valence-corrected chi connectivity index (χ2v) is 6.65. The smallest absolute Gasteiger partial charge is 0.290 e. The highest BCUT2D eigenvalue weighted by Crippen LogP contribution is 2.27. The van der Waals surface area contributed by atoms with Gasteiger partial charge in [0, 0.05) is 11.9 Å². The standard InChI is InChI=1S/C24H21NO2/c1-18(20-12-6-3-7-13-20)25(17-19-10-4-2-5-11-19)24(26)23-16-21-14-8-9-15-22(21)27-23/h2-16,18H,17H2,1H3/t18-/m1/s1. The summed E-state index contributed by atoms with van der Waals surface area (Å²) in [5, 5.41) is 0.938. The third-order valence-corrected chi connectivity index (χ3v) is 4.84. The minimum atomic E-state index is -0.105. The Kier molecular flexibility index (Phi) is 4.75. The molecule has 0 spiro atoms. The molecule has 0 saturated carbocycles. The molecule has 0 unspecified atom stereocenters. The molecule has 0 aliphatic rings. The summed E-state index contributed by atoms with van der Waals surface area (Å²) in [4.78, 5) is 15.2. The van der Waals surface area contributed by atoms with Gasteiger partial charge in [-0.2, -0.15) is 0 Å². The highest BCUT2D eigenvalue weighted by Gasteiger charge is 2.25. The lowest BCUT2D eigenvalue weighted by Crippen LogP contribution is -2.33. The van der Waals surface area contributed by atoms with Crippen LogP contribution in [0.25, 0.3) is 11.0 Å². The van der Waals surface area contributed by atoms with Crippen molar-refractivity contribution in [3.8, 4) is 0 Å². The van der Waals surface area contributed by atoms with Crippen LogP contribution in [0, 0.1) is 0 Å². The maximum Gasteiger partial charge on any atom is 0.290 e. The summed E-state index contributed by atoms with van der Waals surface area (Å²) in [6.45, 7) is 2.58. The van der Waals surface area contributed by atoms with Crippen molar-refractivity contribution in [1.29, 1.82) is 0 Å². The molecule has 0 radical (unpaired) electrons. The van der Waals surface area contributed by atoms with Crippen LogP contribution in [0.1, 0.15) is 34.6 Å². The van der Waals surface area contributed by atoms with Crippen molar-refractivity contribution in [3.63, 3.8) is 0 Å². The molecule has 4 rings (SSSR count).